The lowest BCUT2D eigenvalue weighted by Crippen LogP contribution is -2.51. The van der Waals surface area contributed by atoms with Gasteiger partial charge in [0.25, 0.3) is 0 Å². The van der Waals surface area contributed by atoms with Crippen LogP contribution in [0.4, 0.5) is 4.79 Å². The number of alkyl carbamates (subject to hydrolysis) is 1. The van der Waals surface area contributed by atoms with Crippen LogP contribution in [-0.2, 0) is 9.53 Å². The molecule has 0 aromatic rings. The highest BCUT2D eigenvalue weighted by atomic mass is 16.6. The highest BCUT2D eigenvalue weighted by Crippen LogP contribution is 2.24. The van der Waals surface area contributed by atoms with Gasteiger partial charge in [-0.15, -0.1) is 0 Å². The molecule has 0 bridgehead atoms. The Bertz CT molecular complexity index is 379. The first-order chi connectivity index (χ1) is 10.2. The van der Waals surface area contributed by atoms with Crippen LogP contribution in [0.15, 0.2) is 0 Å². The van der Waals surface area contributed by atoms with Gasteiger partial charge in [0.15, 0.2) is 0 Å². The zero-order valence-corrected chi connectivity index (χ0v) is 14.5. The summed E-state index contributed by atoms with van der Waals surface area (Å²) in [6, 6.07) is 0.0214. The van der Waals surface area contributed by atoms with E-state index >= 15 is 0 Å². The number of rotatable bonds is 5. The zero-order valence-electron chi connectivity index (χ0n) is 14.5. The van der Waals surface area contributed by atoms with E-state index in [2.05, 4.69) is 16.0 Å². The second-order valence-corrected chi connectivity index (χ2v) is 7.04. The lowest BCUT2D eigenvalue weighted by molar-refractivity contribution is -0.122. The van der Waals surface area contributed by atoms with Crippen molar-refractivity contribution in [1.29, 1.82) is 0 Å². The van der Waals surface area contributed by atoms with Crippen LogP contribution >= 0.6 is 0 Å². The molecule has 6 heteroatoms. The molecule has 3 N–H and O–H groups in total. The van der Waals surface area contributed by atoms with E-state index in [1.807, 2.05) is 27.7 Å². The molecule has 1 aliphatic rings. The zero-order chi connectivity index (χ0) is 16.8. The van der Waals surface area contributed by atoms with E-state index in [0.29, 0.717) is 12.5 Å². The lowest BCUT2D eigenvalue weighted by atomic mass is 9.84. The number of amides is 2. The van der Waals surface area contributed by atoms with E-state index in [9.17, 15) is 9.59 Å². The van der Waals surface area contributed by atoms with E-state index in [1.54, 1.807) is 7.05 Å². The van der Waals surface area contributed by atoms with E-state index in [4.69, 9.17) is 4.74 Å². The third kappa shape index (κ3) is 6.64. The normalized spacial score (nSPS) is 23.5. The van der Waals surface area contributed by atoms with E-state index < -0.39 is 5.60 Å². The predicted octanol–water partition coefficient (Wildman–Crippen LogP) is 1.79. The molecule has 0 spiro atoms. The van der Waals surface area contributed by atoms with Gasteiger partial charge in [-0.05, 0) is 46.5 Å². The first kappa shape index (κ1) is 18.7. The first-order valence-electron chi connectivity index (χ1n) is 8.17. The highest BCUT2D eigenvalue weighted by molar-refractivity contribution is 5.80. The second-order valence-electron chi connectivity index (χ2n) is 7.04. The average Bonchev–Trinajstić information content (AvgIpc) is 2.43. The van der Waals surface area contributed by atoms with Gasteiger partial charge in [-0.25, -0.2) is 4.79 Å². The quantitative estimate of drug-likeness (QED) is 0.723. The molecule has 0 radical (unpaired) electrons. The van der Waals surface area contributed by atoms with Crippen molar-refractivity contribution < 1.29 is 14.3 Å². The summed E-state index contributed by atoms with van der Waals surface area (Å²) >= 11 is 0. The van der Waals surface area contributed by atoms with Crippen molar-refractivity contribution in [2.75, 3.05) is 13.6 Å². The Kier molecular flexibility index (Phi) is 7.13. The predicted molar refractivity (Wildman–Crippen MR) is 86.6 cm³/mol. The third-order valence-electron chi connectivity index (χ3n) is 3.92. The Morgan fingerprint density at radius 2 is 1.86 bits per heavy atom. The van der Waals surface area contributed by atoms with Gasteiger partial charge in [0.05, 0.1) is 6.04 Å². The van der Waals surface area contributed by atoms with Crippen molar-refractivity contribution in [3.05, 3.63) is 0 Å². The maximum Gasteiger partial charge on any atom is 0.407 e. The van der Waals surface area contributed by atoms with Gasteiger partial charge in [0.2, 0.25) is 5.91 Å². The Hall–Kier alpha value is -1.30. The van der Waals surface area contributed by atoms with Crippen LogP contribution in [0.2, 0.25) is 0 Å². The molecular weight excluding hydrogens is 282 g/mol. The second kappa shape index (κ2) is 8.36. The molecule has 1 saturated carbocycles. The summed E-state index contributed by atoms with van der Waals surface area (Å²) in [5.41, 5.74) is -0.484. The van der Waals surface area contributed by atoms with Crippen LogP contribution in [0.5, 0.6) is 0 Å². The number of carbonyl (C=O) groups excluding carboxylic acids is 2. The molecule has 22 heavy (non-hydrogen) atoms. The number of carbonyl (C=O) groups is 2. The maximum absolute atomic E-state index is 11.8. The Labute approximate surface area is 133 Å². The monoisotopic (exact) mass is 313 g/mol. The molecule has 2 amide bonds. The van der Waals surface area contributed by atoms with Crippen LogP contribution in [0, 0.1) is 5.92 Å². The molecular formula is C16H31N3O3. The molecule has 0 saturated heterocycles. The summed E-state index contributed by atoms with van der Waals surface area (Å²) in [5.74, 6) is 0.317. The van der Waals surface area contributed by atoms with E-state index in [1.165, 1.54) is 0 Å². The van der Waals surface area contributed by atoms with Crippen LogP contribution in [0.3, 0.4) is 0 Å². The smallest absolute Gasteiger partial charge is 0.407 e. The van der Waals surface area contributed by atoms with Gasteiger partial charge < -0.3 is 20.7 Å². The van der Waals surface area contributed by atoms with Crippen molar-refractivity contribution in [2.45, 2.75) is 71.1 Å². The molecule has 3 unspecified atom stereocenters. The van der Waals surface area contributed by atoms with Gasteiger partial charge in [-0.3, -0.25) is 4.79 Å². The molecule has 6 nitrogen and oxygen atoms in total. The minimum absolute atomic E-state index is 0.00979. The van der Waals surface area contributed by atoms with Crippen molar-refractivity contribution >= 4 is 12.0 Å². The number of hydrogen-bond acceptors (Lipinski definition) is 4. The molecule has 1 rings (SSSR count). The minimum atomic E-state index is -0.484. The molecule has 0 aliphatic heterocycles. The minimum Gasteiger partial charge on any atom is -0.444 e. The molecule has 1 aliphatic carbocycles. The lowest BCUT2D eigenvalue weighted by Gasteiger charge is -2.34. The number of hydrogen-bond donors (Lipinski definition) is 3. The maximum atomic E-state index is 11.8. The summed E-state index contributed by atoms with van der Waals surface area (Å²) in [5, 5.41) is 8.90. The third-order valence-corrected chi connectivity index (χ3v) is 3.92. The standard InChI is InChI=1S/C16H31N3O3/c1-11(14(20)17-5)19-13-9-7-6-8-12(13)10-18-15(21)22-16(2,3)4/h11-13,19H,6-10H2,1-5H3,(H,17,20)(H,18,21). The van der Waals surface area contributed by atoms with Gasteiger partial charge >= 0.3 is 6.09 Å². The number of nitrogens with one attached hydrogen (secondary N) is 3. The summed E-state index contributed by atoms with van der Waals surface area (Å²) in [4.78, 5) is 23.4. The van der Waals surface area contributed by atoms with Gasteiger partial charge in [0.1, 0.15) is 5.60 Å². The summed E-state index contributed by atoms with van der Waals surface area (Å²) in [7, 11) is 1.64. The largest absolute Gasteiger partial charge is 0.444 e. The van der Waals surface area contributed by atoms with Crippen molar-refractivity contribution in [2.24, 2.45) is 5.92 Å². The molecule has 128 valence electrons. The van der Waals surface area contributed by atoms with Crippen LogP contribution in [0.25, 0.3) is 0 Å². The number of likely N-dealkylation sites (N-methyl/N-ethyl adjacent to an activating group) is 1. The topological polar surface area (TPSA) is 79.5 Å². The van der Waals surface area contributed by atoms with Crippen LogP contribution in [0.1, 0.15) is 53.4 Å². The van der Waals surface area contributed by atoms with E-state index in [-0.39, 0.29) is 24.1 Å². The summed E-state index contributed by atoms with van der Waals surface area (Å²) in [6.45, 7) is 7.99. The fourth-order valence-corrected chi connectivity index (χ4v) is 2.81. The number of ether oxygens (including phenoxy) is 1. The molecule has 0 aromatic heterocycles. The fourth-order valence-electron chi connectivity index (χ4n) is 2.81. The summed E-state index contributed by atoms with van der Waals surface area (Å²) in [6.07, 6.45) is 4.01. The fraction of sp³-hybridized carbons (Fsp3) is 0.875. The van der Waals surface area contributed by atoms with Crippen molar-refractivity contribution in [3.63, 3.8) is 0 Å². The molecule has 0 aromatic carbocycles. The summed E-state index contributed by atoms with van der Waals surface area (Å²) < 4.78 is 5.27. The average molecular weight is 313 g/mol. The van der Waals surface area contributed by atoms with E-state index in [0.717, 1.165) is 25.7 Å². The Morgan fingerprint density at radius 3 is 2.45 bits per heavy atom. The van der Waals surface area contributed by atoms with Gasteiger partial charge in [-0.2, -0.15) is 0 Å². The first-order valence-corrected chi connectivity index (χ1v) is 8.17. The van der Waals surface area contributed by atoms with Crippen LogP contribution in [-0.4, -0.2) is 43.3 Å². The van der Waals surface area contributed by atoms with Gasteiger partial charge in [-0.1, -0.05) is 12.8 Å². The van der Waals surface area contributed by atoms with Crippen molar-refractivity contribution in [3.8, 4) is 0 Å². The molecule has 0 heterocycles. The van der Waals surface area contributed by atoms with Gasteiger partial charge in [0, 0.05) is 19.6 Å². The highest BCUT2D eigenvalue weighted by Gasteiger charge is 2.28. The molecule has 1 fully saturated rings. The van der Waals surface area contributed by atoms with Crippen LogP contribution < -0.4 is 16.0 Å². The SMILES string of the molecule is CNC(=O)C(C)NC1CCCCC1CNC(=O)OC(C)(C)C. The molecule has 3 atom stereocenters. The van der Waals surface area contributed by atoms with Crippen molar-refractivity contribution in [1.82, 2.24) is 16.0 Å². The Balaban J connectivity index is 2.48. The Morgan fingerprint density at radius 1 is 1.23 bits per heavy atom.